The lowest BCUT2D eigenvalue weighted by atomic mass is 10.2. The highest BCUT2D eigenvalue weighted by Crippen LogP contribution is 2.25. The van der Waals surface area contributed by atoms with Crippen LogP contribution in [0.2, 0.25) is 0 Å². The second-order valence-corrected chi connectivity index (χ2v) is 3.20. The molecule has 1 heterocycles. The third kappa shape index (κ3) is 1.98. The molecule has 1 aromatic heterocycles. The SMILES string of the molecule is [C-]#[N+]c1cn(-c2c(F)cc(N=[N+]=[N-])cc2F)cn1. The Bertz CT molecular complexity index is 670. The summed E-state index contributed by atoms with van der Waals surface area (Å²) in [6.07, 6.45) is 2.32. The smallest absolute Gasteiger partial charge is 0.287 e. The van der Waals surface area contributed by atoms with E-state index in [1.807, 2.05) is 0 Å². The molecule has 6 nitrogen and oxygen atoms in total. The maximum atomic E-state index is 13.7. The number of aromatic nitrogens is 2. The van der Waals surface area contributed by atoms with Crippen LogP contribution in [0.4, 0.5) is 20.3 Å². The van der Waals surface area contributed by atoms with E-state index in [2.05, 4.69) is 19.9 Å². The molecule has 0 aliphatic carbocycles. The summed E-state index contributed by atoms with van der Waals surface area (Å²) in [5, 5.41) is 3.11. The van der Waals surface area contributed by atoms with Crippen LogP contribution in [-0.2, 0) is 0 Å². The van der Waals surface area contributed by atoms with Gasteiger partial charge in [0.25, 0.3) is 5.82 Å². The first-order chi connectivity index (χ1) is 8.65. The first-order valence-corrected chi connectivity index (χ1v) is 4.61. The van der Waals surface area contributed by atoms with Crippen molar-refractivity contribution in [3.8, 4) is 5.69 Å². The molecule has 0 aliphatic heterocycles. The lowest BCUT2D eigenvalue weighted by Crippen LogP contribution is -1.98. The minimum Gasteiger partial charge on any atom is -0.359 e. The van der Waals surface area contributed by atoms with Crippen LogP contribution in [0.5, 0.6) is 0 Å². The standard InChI is InChI=1S/C10H4F2N6/c1-14-9-4-18(5-15-9)10-7(11)2-6(16-17-13)3-8(10)12/h2-5H. The van der Waals surface area contributed by atoms with Gasteiger partial charge in [-0.2, -0.15) is 0 Å². The molecule has 0 unspecified atom stereocenters. The van der Waals surface area contributed by atoms with Crippen LogP contribution < -0.4 is 0 Å². The minimum atomic E-state index is -0.911. The molecule has 2 rings (SSSR count). The topological polar surface area (TPSA) is 70.9 Å². The van der Waals surface area contributed by atoms with Gasteiger partial charge in [0, 0.05) is 16.8 Å². The van der Waals surface area contributed by atoms with Gasteiger partial charge in [0.15, 0.2) is 18.0 Å². The number of hydrogen-bond acceptors (Lipinski definition) is 2. The fourth-order valence-electron chi connectivity index (χ4n) is 1.40. The summed E-state index contributed by atoms with van der Waals surface area (Å²) in [4.78, 5) is 9.12. The zero-order valence-electron chi connectivity index (χ0n) is 8.75. The van der Waals surface area contributed by atoms with E-state index >= 15 is 0 Å². The Balaban J connectivity index is 2.58. The molecular formula is C10H4F2N6. The summed E-state index contributed by atoms with van der Waals surface area (Å²) in [6.45, 7) is 6.72. The average Bonchev–Trinajstić information content (AvgIpc) is 2.77. The van der Waals surface area contributed by atoms with Crippen molar-refractivity contribution in [1.29, 1.82) is 0 Å². The molecule has 0 fully saturated rings. The maximum Gasteiger partial charge on any atom is 0.287 e. The zero-order chi connectivity index (χ0) is 13.1. The third-order valence-electron chi connectivity index (χ3n) is 2.10. The van der Waals surface area contributed by atoms with Crippen LogP contribution in [0.1, 0.15) is 0 Å². The highest BCUT2D eigenvalue weighted by Gasteiger charge is 2.14. The fraction of sp³-hybridized carbons (Fsp3) is 0. The zero-order valence-corrected chi connectivity index (χ0v) is 8.75. The van der Waals surface area contributed by atoms with Crippen molar-refractivity contribution in [2.24, 2.45) is 5.11 Å². The van der Waals surface area contributed by atoms with Gasteiger partial charge in [-0.05, 0) is 17.7 Å². The van der Waals surface area contributed by atoms with E-state index in [1.54, 1.807) is 0 Å². The minimum absolute atomic E-state index is 0.0212. The summed E-state index contributed by atoms with van der Waals surface area (Å²) in [6, 6.07) is 1.80. The number of hydrogen-bond donors (Lipinski definition) is 0. The number of azide groups is 1. The molecule has 0 amide bonds. The second kappa shape index (κ2) is 4.53. The molecule has 0 N–H and O–H groups in total. The normalized spacial score (nSPS) is 9.61. The average molecular weight is 246 g/mol. The Morgan fingerprint density at radius 2 is 2.00 bits per heavy atom. The van der Waals surface area contributed by atoms with Crippen LogP contribution in [0.25, 0.3) is 21.0 Å². The van der Waals surface area contributed by atoms with E-state index in [0.29, 0.717) is 0 Å². The van der Waals surface area contributed by atoms with Crippen LogP contribution in [0, 0.1) is 18.2 Å². The highest BCUT2D eigenvalue weighted by molar-refractivity contribution is 5.48. The summed E-state index contributed by atoms with van der Waals surface area (Å²) in [7, 11) is 0. The Kier molecular flexibility index (Phi) is 2.91. The number of imidazole rings is 1. The van der Waals surface area contributed by atoms with Gasteiger partial charge in [-0.3, -0.25) is 4.57 Å². The second-order valence-electron chi connectivity index (χ2n) is 3.20. The molecule has 0 radical (unpaired) electrons. The van der Waals surface area contributed by atoms with E-state index in [1.165, 1.54) is 6.20 Å². The molecule has 0 spiro atoms. The molecule has 18 heavy (non-hydrogen) atoms. The predicted octanol–water partition coefficient (Wildman–Crippen LogP) is 3.64. The molecule has 88 valence electrons. The lowest BCUT2D eigenvalue weighted by Gasteiger charge is -2.05. The molecule has 0 saturated carbocycles. The summed E-state index contributed by atoms with van der Waals surface area (Å²) < 4.78 is 28.4. The van der Waals surface area contributed by atoms with Gasteiger partial charge < -0.3 is 4.85 Å². The van der Waals surface area contributed by atoms with E-state index in [-0.39, 0.29) is 17.2 Å². The summed E-state index contributed by atoms with van der Waals surface area (Å²) in [5.41, 5.74) is 7.64. The molecular weight excluding hydrogens is 242 g/mol. The van der Waals surface area contributed by atoms with E-state index in [9.17, 15) is 8.78 Å². The van der Waals surface area contributed by atoms with Crippen molar-refractivity contribution in [1.82, 2.24) is 9.55 Å². The summed E-state index contributed by atoms with van der Waals surface area (Å²) >= 11 is 0. The van der Waals surface area contributed by atoms with Crippen molar-refractivity contribution in [3.05, 3.63) is 58.2 Å². The van der Waals surface area contributed by atoms with E-state index in [0.717, 1.165) is 23.0 Å². The number of rotatable bonds is 2. The van der Waals surface area contributed by atoms with E-state index < -0.39 is 11.6 Å². The molecule has 0 saturated heterocycles. The van der Waals surface area contributed by atoms with Gasteiger partial charge in [0.1, 0.15) is 5.69 Å². The molecule has 8 heteroatoms. The van der Waals surface area contributed by atoms with E-state index in [4.69, 9.17) is 12.1 Å². The van der Waals surface area contributed by atoms with Gasteiger partial charge in [-0.25, -0.2) is 8.78 Å². The first-order valence-electron chi connectivity index (χ1n) is 4.61. The van der Waals surface area contributed by atoms with Gasteiger partial charge >= 0.3 is 0 Å². The van der Waals surface area contributed by atoms with Gasteiger partial charge in [-0.1, -0.05) is 11.7 Å². The Morgan fingerprint density at radius 1 is 1.33 bits per heavy atom. The molecule has 0 aliphatic rings. The molecule has 1 aromatic carbocycles. The highest BCUT2D eigenvalue weighted by atomic mass is 19.1. The lowest BCUT2D eigenvalue weighted by molar-refractivity contribution is 0.569. The number of benzene rings is 1. The van der Waals surface area contributed by atoms with Crippen molar-refractivity contribution in [2.45, 2.75) is 0 Å². The summed E-state index contributed by atoms with van der Waals surface area (Å²) in [5.74, 6) is -1.80. The van der Waals surface area contributed by atoms with Gasteiger partial charge in [0.2, 0.25) is 0 Å². The molecule has 2 aromatic rings. The Morgan fingerprint density at radius 3 is 2.50 bits per heavy atom. The van der Waals surface area contributed by atoms with Crippen LogP contribution in [-0.4, -0.2) is 9.55 Å². The van der Waals surface area contributed by atoms with Crippen molar-refractivity contribution < 1.29 is 8.78 Å². The Hall–Kier alpha value is -2.91. The quantitative estimate of drug-likeness (QED) is 0.345. The third-order valence-corrected chi connectivity index (χ3v) is 2.10. The van der Waals surface area contributed by atoms with Crippen LogP contribution in [0.15, 0.2) is 29.8 Å². The van der Waals surface area contributed by atoms with Crippen molar-refractivity contribution in [3.63, 3.8) is 0 Å². The first kappa shape index (κ1) is 11.6. The van der Waals surface area contributed by atoms with Gasteiger partial charge in [0.05, 0.1) is 0 Å². The van der Waals surface area contributed by atoms with Crippen molar-refractivity contribution >= 4 is 11.5 Å². The van der Waals surface area contributed by atoms with Gasteiger partial charge in [-0.15, -0.1) is 4.98 Å². The fourth-order valence-corrected chi connectivity index (χ4v) is 1.40. The monoisotopic (exact) mass is 246 g/mol. The van der Waals surface area contributed by atoms with Crippen LogP contribution >= 0.6 is 0 Å². The molecule has 0 bridgehead atoms. The van der Waals surface area contributed by atoms with Crippen molar-refractivity contribution in [2.75, 3.05) is 0 Å². The number of halogens is 2. The predicted molar refractivity (Wildman–Crippen MR) is 58.5 cm³/mol. The van der Waals surface area contributed by atoms with Crippen LogP contribution in [0.3, 0.4) is 0 Å². The Labute approximate surface area is 99.6 Å². The largest absolute Gasteiger partial charge is 0.359 e. The maximum absolute atomic E-state index is 13.7. The number of nitrogens with zero attached hydrogens (tertiary/aromatic N) is 6. The molecule has 0 atom stereocenters.